The van der Waals surface area contributed by atoms with Crippen molar-refractivity contribution in [3.05, 3.63) is 65.2 Å². The molecular weight excluding hydrogens is 400 g/mol. The molecule has 8 heteroatoms. The molecule has 2 aromatic heterocycles. The number of fused-ring (bicyclic) bond motifs is 2. The number of hydrogen-bond acceptors (Lipinski definition) is 6. The smallest absolute Gasteiger partial charge is 0.268 e. The summed E-state index contributed by atoms with van der Waals surface area (Å²) in [6.07, 6.45) is 1.31. The molecule has 0 atom stereocenters. The molecule has 0 aliphatic heterocycles. The van der Waals surface area contributed by atoms with Crippen molar-refractivity contribution in [2.45, 2.75) is 26.4 Å². The number of thiazole rings is 1. The van der Waals surface area contributed by atoms with Crippen LogP contribution in [0.4, 0.5) is 0 Å². The second kappa shape index (κ2) is 7.47. The fourth-order valence-corrected chi connectivity index (χ4v) is 3.63. The maximum Gasteiger partial charge on any atom is 0.291 e. The van der Waals surface area contributed by atoms with E-state index in [2.05, 4.69) is 22.0 Å². The Labute approximate surface area is 176 Å². The molecule has 4 rings (SSSR count). The van der Waals surface area contributed by atoms with Crippen molar-refractivity contribution in [3.63, 3.8) is 0 Å². The lowest BCUT2D eigenvalue weighted by Gasteiger charge is -2.19. The molecule has 0 spiro atoms. The van der Waals surface area contributed by atoms with Gasteiger partial charge in [0, 0.05) is 5.56 Å². The Kier molecular flexibility index (Phi) is 4.97. The zero-order chi connectivity index (χ0) is 21.5. The van der Waals surface area contributed by atoms with E-state index in [1.54, 1.807) is 49.8 Å². The number of hydrogen-bond donors (Lipinski definition) is 1. The molecule has 0 unspecified atom stereocenters. The number of nitrogens with zero attached hydrogens (tertiary/aromatic N) is 3. The predicted octanol–water partition coefficient (Wildman–Crippen LogP) is 3.99. The first-order valence-electron chi connectivity index (χ1n) is 9.26. The van der Waals surface area contributed by atoms with Gasteiger partial charge in [-0.25, -0.2) is 15.4 Å². The van der Waals surface area contributed by atoms with Crippen LogP contribution in [-0.2, 0) is 9.63 Å². The van der Waals surface area contributed by atoms with Crippen molar-refractivity contribution in [2.24, 2.45) is 0 Å². The number of aromatic nitrogens is 3. The SMILES string of the molecule is C=C(C(=O)NOC(C)(C)C)n1cnc2c(-c3ccc4scnc4c3)cccc2c1=O. The molecule has 0 saturated carbocycles. The third kappa shape index (κ3) is 3.74. The highest BCUT2D eigenvalue weighted by Gasteiger charge is 2.18. The van der Waals surface area contributed by atoms with Crippen LogP contribution < -0.4 is 11.0 Å². The molecule has 2 aromatic carbocycles. The van der Waals surface area contributed by atoms with Crippen molar-refractivity contribution in [2.75, 3.05) is 0 Å². The summed E-state index contributed by atoms with van der Waals surface area (Å²) in [4.78, 5) is 39.5. The summed E-state index contributed by atoms with van der Waals surface area (Å²) in [5.41, 5.74) is 6.26. The summed E-state index contributed by atoms with van der Waals surface area (Å²) >= 11 is 1.57. The molecule has 0 aliphatic rings. The van der Waals surface area contributed by atoms with Gasteiger partial charge in [-0.05, 0) is 44.5 Å². The highest BCUT2D eigenvalue weighted by atomic mass is 32.1. The number of hydroxylamine groups is 1. The molecule has 7 nitrogen and oxygen atoms in total. The highest BCUT2D eigenvalue weighted by Crippen LogP contribution is 2.29. The summed E-state index contributed by atoms with van der Waals surface area (Å²) in [5.74, 6) is -0.613. The van der Waals surface area contributed by atoms with Gasteiger partial charge in [0.15, 0.2) is 0 Å². The number of para-hydroxylation sites is 1. The topological polar surface area (TPSA) is 86.1 Å². The van der Waals surface area contributed by atoms with Gasteiger partial charge in [0.1, 0.15) is 12.0 Å². The summed E-state index contributed by atoms with van der Waals surface area (Å²) in [6, 6.07) is 11.3. The molecule has 2 heterocycles. The Morgan fingerprint density at radius 1 is 1.20 bits per heavy atom. The van der Waals surface area contributed by atoms with E-state index in [1.165, 1.54) is 6.33 Å². The van der Waals surface area contributed by atoms with Crippen molar-refractivity contribution in [3.8, 4) is 11.1 Å². The minimum Gasteiger partial charge on any atom is -0.268 e. The summed E-state index contributed by atoms with van der Waals surface area (Å²) in [7, 11) is 0. The number of rotatable bonds is 4. The van der Waals surface area contributed by atoms with E-state index in [0.29, 0.717) is 10.9 Å². The molecule has 1 N–H and O–H groups in total. The van der Waals surface area contributed by atoms with Gasteiger partial charge in [-0.2, -0.15) is 0 Å². The van der Waals surface area contributed by atoms with E-state index < -0.39 is 11.5 Å². The van der Waals surface area contributed by atoms with Gasteiger partial charge < -0.3 is 0 Å². The Morgan fingerprint density at radius 2 is 2.00 bits per heavy atom. The lowest BCUT2D eigenvalue weighted by molar-refractivity contribution is -0.139. The monoisotopic (exact) mass is 420 g/mol. The minimum atomic E-state index is -0.613. The molecule has 4 aromatic rings. The first-order chi connectivity index (χ1) is 14.2. The van der Waals surface area contributed by atoms with Crippen molar-refractivity contribution in [1.82, 2.24) is 20.0 Å². The maximum absolute atomic E-state index is 13.1. The summed E-state index contributed by atoms with van der Waals surface area (Å²) in [5, 5.41) is 0.388. The Balaban J connectivity index is 1.74. The van der Waals surface area contributed by atoms with Crippen LogP contribution in [-0.4, -0.2) is 26.0 Å². The molecule has 0 fully saturated rings. The third-order valence-electron chi connectivity index (χ3n) is 4.43. The average molecular weight is 420 g/mol. The van der Waals surface area contributed by atoms with Gasteiger partial charge in [-0.1, -0.05) is 24.8 Å². The molecule has 0 saturated heterocycles. The lowest BCUT2D eigenvalue weighted by atomic mass is 10.0. The van der Waals surface area contributed by atoms with Crippen molar-refractivity contribution >= 4 is 44.1 Å². The molecule has 1 amide bonds. The van der Waals surface area contributed by atoms with Crippen LogP contribution in [0.1, 0.15) is 20.8 Å². The molecule has 0 radical (unpaired) electrons. The minimum absolute atomic E-state index is 0.0760. The standard InChI is InChI=1S/C22H20N4O3S/c1-13(20(27)25-29-22(2,3)4)26-11-23-19-15(6-5-7-16(19)21(26)28)14-8-9-18-17(10-14)24-12-30-18/h5-12H,1H2,2-4H3,(H,25,27). The second-order valence-corrected chi connectivity index (χ2v) is 8.63. The first-order valence-corrected chi connectivity index (χ1v) is 10.1. The Bertz CT molecular complexity index is 1350. The molecule has 30 heavy (non-hydrogen) atoms. The fourth-order valence-electron chi connectivity index (χ4n) is 2.97. The third-order valence-corrected chi connectivity index (χ3v) is 5.24. The lowest BCUT2D eigenvalue weighted by Crippen LogP contribution is -2.36. The maximum atomic E-state index is 13.1. The quantitative estimate of drug-likeness (QED) is 0.399. The van der Waals surface area contributed by atoms with Crippen LogP contribution in [0.5, 0.6) is 0 Å². The summed E-state index contributed by atoms with van der Waals surface area (Å²) in [6.45, 7) is 9.11. The largest absolute Gasteiger partial charge is 0.291 e. The van der Waals surface area contributed by atoms with Crippen molar-refractivity contribution in [1.29, 1.82) is 0 Å². The number of benzene rings is 2. The van der Waals surface area contributed by atoms with E-state index in [4.69, 9.17) is 4.84 Å². The van der Waals surface area contributed by atoms with Crippen LogP contribution >= 0.6 is 11.3 Å². The van der Waals surface area contributed by atoms with Crippen LogP contribution in [0.15, 0.2) is 59.6 Å². The normalized spacial score (nSPS) is 11.7. The van der Waals surface area contributed by atoms with Crippen LogP contribution in [0.3, 0.4) is 0 Å². The van der Waals surface area contributed by atoms with E-state index in [-0.39, 0.29) is 11.3 Å². The van der Waals surface area contributed by atoms with Crippen molar-refractivity contribution < 1.29 is 9.63 Å². The fraction of sp³-hybridized carbons (Fsp3) is 0.182. The predicted molar refractivity (Wildman–Crippen MR) is 119 cm³/mol. The van der Waals surface area contributed by atoms with Gasteiger partial charge >= 0.3 is 0 Å². The van der Waals surface area contributed by atoms with E-state index in [9.17, 15) is 9.59 Å². The van der Waals surface area contributed by atoms with Gasteiger partial charge in [0.2, 0.25) is 0 Å². The number of nitrogens with one attached hydrogen (secondary N) is 1. The highest BCUT2D eigenvalue weighted by molar-refractivity contribution is 7.16. The van der Waals surface area contributed by atoms with Crippen LogP contribution in [0.2, 0.25) is 0 Å². The molecule has 152 valence electrons. The van der Waals surface area contributed by atoms with Gasteiger partial charge in [-0.3, -0.25) is 19.0 Å². The van der Waals surface area contributed by atoms with Gasteiger partial charge in [-0.15, -0.1) is 11.3 Å². The number of carbonyl (C=O) groups excluding carboxylic acids is 1. The van der Waals surface area contributed by atoms with E-state index in [1.807, 2.05) is 24.3 Å². The van der Waals surface area contributed by atoms with Crippen LogP contribution in [0, 0.1) is 0 Å². The Morgan fingerprint density at radius 3 is 2.77 bits per heavy atom. The average Bonchev–Trinajstić information content (AvgIpc) is 3.19. The number of amides is 1. The number of carbonyl (C=O) groups is 1. The zero-order valence-electron chi connectivity index (χ0n) is 16.8. The van der Waals surface area contributed by atoms with Gasteiger partial charge in [0.05, 0.1) is 32.2 Å². The second-order valence-electron chi connectivity index (χ2n) is 7.75. The summed E-state index contributed by atoms with van der Waals surface area (Å²) < 4.78 is 2.21. The molecule has 0 bridgehead atoms. The van der Waals surface area contributed by atoms with Crippen LogP contribution in [0.25, 0.3) is 37.9 Å². The zero-order valence-corrected chi connectivity index (χ0v) is 17.6. The van der Waals surface area contributed by atoms with E-state index in [0.717, 1.165) is 25.9 Å². The molecule has 0 aliphatic carbocycles. The molecular formula is C22H20N4O3S. The first kappa shape index (κ1) is 19.9. The van der Waals surface area contributed by atoms with E-state index >= 15 is 0 Å². The Hall–Kier alpha value is -3.36. The van der Waals surface area contributed by atoms with Gasteiger partial charge in [0.25, 0.3) is 11.5 Å².